The fourth-order valence-electron chi connectivity index (χ4n) is 2.57. The van der Waals surface area contributed by atoms with Gasteiger partial charge in [0.25, 0.3) is 0 Å². The van der Waals surface area contributed by atoms with Gasteiger partial charge in [0.05, 0.1) is 0 Å². The van der Waals surface area contributed by atoms with Crippen LogP contribution in [0.15, 0.2) is 27.7 Å². The number of likely N-dealkylation sites (tertiary alicyclic amines) is 1. The predicted octanol–water partition coefficient (Wildman–Crippen LogP) is 2.74. The summed E-state index contributed by atoms with van der Waals surface area (Å²) in [5, 5.41) is 2.87. The Kier molecular flexibility index (Phi) is 5.83. The van der Waals surface area contributed by atoms with Crippen LogP contribution in [0.2, 0.25) is 0 Å². The first kappa shape index (κ1) is 16.8. The van der Waals surface area contributed by atoms with Gasteiger partial charge in [-0.15, -0.1) is 0 Å². The Morgan fingerprint density at radius 3 is 3.05 bits per heavy atom. The lowest BCUT2D eigenvalue weighted by Gasteiger charge is -2.31. The van der Waals surface area contributed by atoms with Gasteiger partial charge in [-0.2, -0.15) is 0 Å². The van der Waals surface area contributed by atoms with Crippen molar-refractivity contribution in [3.05, 3.63) is 28.2 Å². The minimum absolute atomic E-state index is 0.0443. The molecular formula is C16H23BrN4O. The average Bonchev–Trinajstić information content (AvgIpc) is 2.48. The number of amides is 1. The molecule has 22 heavy (non-hydrogen) atoms. The Bertz CT molecular complexity index is 573. The van der Waals surface area contributed by atoms with Gasteiger partial charge in [0, 0.05) is 23.2 Å². The monoisotopic (exact) mass is 366 g/mol. The third kappa shape index (κ3) is 4.73. The van der Waals surface area contributed by atoms with E-state index in [0.717, 1.165) is 35.2 Å². The summed E-state index contributed by atoms with van der Waals surface area (Å²) in [5.41, 5.74) is 7.80. The zero-order chi connectivity index (χ0) is 16.1. The van der Waals surface area contributed by atoms with E-state index in [1.165, 1.54) is 6.42 Å². The van der Waals surface area contributed by atoms with Gasteiger partial charge in [-0.25, -0.2) is 4.99 Å². The maximum atomic E-state index is 12.0. The van der Waals surface area contributed by atoms with Gasteiger partial charge >= 0.3 is 0 Å². The van der Waals surface area contributed by atoms with E-state index < -0.39 is 0 Å². The van der Waals surface area contributed by atoms with Crippen LogP contribution in [-0.2, 0) is 4.79 Å². The lowest BCUT2D eigenvalue weighted by atomic mass is 10.0. The zero-order valence-electron chi connectivity index (χ0n) is 13.1. The Morgan fingerprint density at radius 1 is 1.55 bits per heavy atom. The van der Waals surface area contributed by atoms with E-state index >= 15 is 0 Å². The molecule has 1 amide bonds. The highest BCUT2D eigenvalue weighted by molar-refractivity contribution is 9.10. The molecule has 6 heteroatoms. The molecule has 0 radical (unpaired) electrons. The summed E-state index contributed by atoms with van der Waals surface area (Å²) in [7, 11) is 0. The molecule has 1 aromatic rings. The smallest absolute Gasteiger partial charge is 0.246 e. The normalized spacial score (nSPS) is 19.1. The van der Waals surface area contributed by atoms with Crippen LogP contribution >= 0.6 is 15.9 Å². The molecular weight excluding hydrogens is 344 g/mol. The highest BCUT2D eigenvalue weighted by atomic mass is 79.9. The molecule has 2 rings (SSSR count). The quantitative estimate of drug-likeness (QED) is 0.638. The zero-order valence-corrected chi connectivity index (χ0v) is 14.7. The van der Waals surface area contributed by atoms with Gasteiger partial charge in [0.15, 0.2) is 5.96 Å². The van der Waals surface area contributed by atoms with E-state index in [4.69, 9.17) is 5.73 Å². The topological polar surface area (TPSA) is 70.7 Å². The van der Waals surface area contributed by atoms with Crippen molar-refractivity contribution in [1.82, 2.24) is 4.90 Å². The Labute approximate surface area is 140 Å². The van der Waals surface area contributed by atoms with Crippen molar-refractivity contribution >= 4 is 33.5 Å². The molecule has 3 N–H and O–H groups in total. The van der Waals surface area contributed by atoms with E-state index in [0.29, 0.717) is 11.9 Å². The summed E-state index contributed by atoms with van der Waals surface area (Å²) in [4.78, 5) is 18.3. The van der Waals surface area contributed by atoms with Crippen LogP contribution in [-0.4, -0.2) is 36.4 Å². The number of aryl methyl sites for hydroxylation is 1. The molecule has 0 spiro atoms. The second kappa shape index (κ2) is 7.63. The number of anilines is 1. The first-order chi connectivity index (χ1) is 10.5. The number of hydrogen-bond donors (Lipinski definition) is 2. The highest BCUT2D eigenvalue weighted by Gasteiger charge is 2.17. The number of nitrogens with one attached hydrogen (secondary N) is 1. The number of benzene rings is 1. The number of piperidine rings is 1. The number of carbonyl (C=O) groups is 1. The molecule has 0 aliphatic carbocycles. The van der Waals surface area contributed by atoms with E-state index in [-0.39, 0.29) is 12.5 Å². The lowest BCUT2D eigenvalue weighted by Crippen LogP contribution is -2.43. The van der Waals surface area contributed by atoms with Gasteiger partial charge in [0.2, 0.25) is 5.91 Å². The molecule has 1 atom stereocenters. The maximum Gasteiger partial charge on any atom is 0.246 e. The SMILES string of the molecule is Cc1ccc(Br)cc1NC(=O)CN=C(N)N1CCCC(C)C1. The Balaban J connectivity index is 1.91. The number of nitrogens with zero attached hydrogens (tertiary/aromatic N) is 2. The first-order valence-corrected chi connectivity index (χ1v) is 8.36. The number of aliphatic imine (C=N–C) groups is 1. The van der Waals surface area contributed by atoms with Crippen molar-refractivity contribution in [2.45, 2.75) is 26.7 Å². The number of nitrogens with two attached hydrogens (primary N) is 1. The van der Waals surface area contributed by atoms with Gasteiger partial charge in [-0.05, 0) is 43.4 Å². The molecule has 0 saturated carbocycles. The number of carbonyl (C=O) groups excluding carboxylic acids is 1. The lowest BCUT2D eigenvalue weighted by molar-refractivity contribution is -0.114. The van der Waals surface area contributed by atoms with Crippen molar-refractivity contribution in [2.75, 3.05) is 25.0 Å². The number of rotatable bonds is 3. The van der Waals surface area contributed by atoms with Crippen molar-refractivity contribution in [1.29, 1.82) is 0 Å². The van der Waals surface area contributed by atoms with Gasteiger partial charge < -0.3 is 16.0 Å². The fraction of sp³-hybridized carbons (Fsp3) is 0.500. The number of halogens is 1. The standard InChI is InChI=1S/C16H23BrN4O/c1-11-4-3-7-21(10-11)16(18)19-9-15(22)20-14-8-13(17)6-5-12(14)2/h5-6,8,11H,3-4,7,9-10H2,1-2H3,(H2,18,19)(H,20,22). The minimum atomic E-state index is -0.158. The predicted molar refractivity (Wildman–Crippen MR) is 94.0 cm³/mol. The molecule has 1 unspecified atom stereocenters. The van der Waals surface area contributed by atoms with Crippen LogP contribution in [0.5, 0.6) is 0 Å². The third-order valence-corrected chi connectivity index (χ3v) is 4.33. The van der Waals surface area contributed by atoms with Gasteiger partial charge in [-0.1, -0.05) is 28.9 Å². The average molecular weight is 367 g/mol. The molecule has 0 aromatic heterocycles. The fourth-order valence-corrected chi connectivity index (χ4v) is 2.93. The van der Waals surface area contributed by atoms with E-state index in [2.05, 4.69) is 38.1 Å². The van der Waals surface area contributed by atoms with E-state index in [1.807, 2.05) is 25.1 Å². The van der Waals surface area contributed by atoms with Gasteiger partial charge in [0.1, 0.15) is 6.54 Å². The Hall–Kier alpha value is -1.56. The second-order valence-electron chi connectivity index (χ2n) is 5.88. The van der Waals surface area contributed by atoms with Crippen LogP contribution in [0.4, 0.5) is 5.69 Å². The summed E-state index contributed by atoms with van der Waals surface area (Å²) in [6.45, 7) is 6.05. The number of guanidine groups is 1. The summed E-state index contributed by atoms with van der Waals surface area (Å²) < 4.78 is 0.929. The largest absolute Gasteiger partial charge is 0.370 e. The highest BCUT2D eigenvalue weighted by Crippen LogP contribution is 2.20. The maximum absolute atomic E-state index is 12.0. The molecule has 0 bridgehead atoms. The van der Waals surface area contributed by atoms with Crippen molar-refractivity contribution < 1.29 is 4.79 Å². The Morgan fingerprint density at radius 2 is 2.32 bits per heavy atom. The van der Waals surface area contributed by atoms with Crippen LogP contribution in [0, 0.1) is 12.8 Å². The summed E-state index contributed by atoms with van der Waals surface area (Å²) in [5.74, 6) is 0.933. The summed E-state index contributed by atoms with van der Waals surface area (Å²) in [6, 6.07) is 5.78. The molecule has 1 fully saturated rings. The molecule has 1 heterocycles. The molecule has 1 aliphatic heterocycles. The van der Waals surface area contributed by atoms with Crippen molar-refractivity contribution in [3.63, 3.8) is 0 Å². The molecule has 120 valence electrons. The third-order valence-electron chi connectivity index (χ3n) is 3.84. The van der Waals surface area contributed by atoms with Crippen molar-refractivity contribution in [2.24, 2.45) is 16.6 Å². The van der Waals surface area contributed by atoms with E-state index in [1.54, 1.807) is 0 Å². The van der Waals surface area contributed by atoms with Crippen LogP contribution in [0.25, 0.3) is 0 Å². The summed E-state index contributed by atoms with van der Waals surface area (Å²) in [6.07, 6.45) is 2.35. The van der Waals surface area contributed by atoms with E-state index in [9.17, 15) is 4.79 Å². The second-order valence-corrected chi connectivity index (χ2v) is 6.79. The van der Waals surface area contributed by atoms with Gasteiger partial charge in [-0.3, -0.25) is 4.79 Å². The van der Waals surface area contributed by atoms with Crippen LogP contribution in [0.1, 0.15) is 25.3 Å². The number of hydrogen-bond acceptors (Lipinski definition) is 2. The minimum Gasteiger partial charge on any atom is -0.370 e. The summed E-state index contributed by atoms with van der Waals surface area (Å²) >= 11 is 3.40. The first-order valence-electron chi connectivity index (χ1n) is 7.56. The molecule has 1 saturated heterocycles. The van der Waals surface area contributed by atoms with Crippen LogP contribution < -0.4 is 11.1 Å². The molecule has 1 aliphatic rings. The van der Waals surface area contributed by atoms with Crippen LogP contribution in [0.3, 0.4) is 0 Å². The molecule has 5 nitrogen and oxygen atoms in total. The van der Waals surface area contributed by atoms with Crippen molar-refractivity contribution in [3.8, 4) is 0 Å². The molecule has 1 aromatic carbocycles.